The van der Waals surface area contributed by atoms with Crippen LogP contribution in [0.25, 0.3) is 10.9 Å². The molecule has 5 aromatic rings. The van der Waals surface area contributed by atoms with Gasteiger partial charge in [0.25, 0.3) is 5.91 Å². The Labute approximate surface area is 352 Å². The number of rotatable bonds is 13. The summed E-state index contributed by atoms with van der Waals surface area (Å²) in [5, 5.41) is 11.4. The van der Waals surface area contributed by atoms with Gasteiger partial charge in [-0.3, -0.25) is 9.59 Å². The molecule has 2 heterocycles. The Morgan fingerprint density at radius 3 is 1.97 bits per heavy atom. The van der Waals surface area contributed by atoms with Gasteiger partial charge in [-0.25, -0.2) is 18.4 Å². The van der Waals surface area contributed by atoms with Crippen LogP contribution in [-0.2, 0) is 19.6 Å². The molecule has 0 aliphatic carbocycles. The van der Waals surface area contributed by atoms with Crippen molar-refractivity contribution >= 4 is 61.8 Å². The van der Waals surface area contributed by atoms with E-state index in [1.165, 1.54) is 16.4 Å². The Morgan fingerprint density at radius 1 is 0.828 bits per heavy atom. The Balaban J connectivity index is 0.000000510. The molecule has 308 valence electrons. The first-order chi connectivity index (χ1) is 27.7. The number of aromatic nitrogens is 2. The molecule has 11 nitrogen and oxygen atoms in total. The molecule has 4 aromatic carbocycles. The number of nitrogens with one attached hydrogen (secondary N) is 3. The Hall–Kier alpha value is -4.59. The fraction of sp³-hybridized carbons (Fsp3) is 0.364. The third kappa shape index (κ3) is 11.8. The molecular weight excluding hydrogens is 795 g/mol. The maximum absolute atomic E-state index is 13.4. The van der Waals surface area contributed by atoms with Crippen LogP contribution in [0.15, 0.2) is 102 Å². The molecule has 0 radical (unpaired) electrons. The number of hydrogen-bond donors (Lipinski definition) is 3. The number of carbonyl (C=O) groups is 2. The highest BCUT2D eigenvalue weighted by molar-refractivity contribution is 7.89. The molecule has 0 saturated carbocycles. The number of fused-ring (bicyclic) bond motifs is 1. The van der Waals surface area contributed by atoms with Crippen LogP contribution >= 0.6 is 23.2 Å². The lowest BCUT2D eigenvalue weighted by Gasteiger charge is -2.32. The van der Waals surface area contributed by atoms with Gasteiger partial charge in [0.1, 0.15) is 12.1 Å². The summed E-state index contributed by atoms with van der Waals surface area (Å²) in [4.78, 5) is 32.7. The van der Waals surface area contributed by atoms with Gasteiger partial charge in [0.15, 0.2) is 0 Å². The minimum Gasteiger partial charge on any atom is -0.383 e. The number of methoxy groups -OCH3 is 1. The zero-order valence-electron chi connectivity index (χ0n) is 33.6. The van der Waals surface area contributed by atoms with Crippen molar-refractivity contribution in [3.8, 4) is 0 Å². The van der Waals surface area contributed by atoms with Gasteiger partial charge in [-0.2, -0.15) is 4.31 Å². The monoisotopic (exact) mass is 846 g/mol. The average Bonchev–Trinajstić information content (AvgIpc) is 3.22. The van der Waals surface area contributed by atoms with Crippen LogP contribution in [-0.4, -0.2) is 80.4 Å². The van der Waals surface area contributed by atoms with Crippen LogP contribution in [0, 0.1) is 5.41 Å². The summed E-state index contributed by atoms with van der Waals surface area (Å²) in [6.07, 6.45) is 3.60. The molecule has 1 saturated heterocycles. The van der Waals surface area contributed by atoms with Crippen LogP contribution < -0.4 is 16.0 Å². The van der Waals surface area contributed by atoms with E-state index >= 15 is 0 Å². The fourth-order valence-corrected chi connectivity index (χ4v) is 8.21. The molecule has 1 aromatic heterocycles. The standard InChI is InChI=1S/C36H35Cl2N5O3S.C8H17NO2/c1-2-19-39-36(44)26-7-14-31(15-8-26)47(45,46)43-20-17-30(18-21-43)42-35-32-22-27(9-16-33(32)40-23-41-35)34(24-3-10-28(37)11-4-24)25-5-12-29(38)13-6-25;1-8(2,3)7(10)9-5-6-11-4/h3-16,22-23,30,34H,2,17-21H2,1H3,(H,39,44)(H,40,41,42);5-6H2,1-4H3,(H,9,10). The van der Waals surface area contributed by atoms with Crippen molar-refractivity contribution in [2.45, 2.75) is 63.8 Å². The number of amides is 2. The van der Waals surface area contributed by atoms with Gasteiger partial charge in [-0.1, -0.05) is 81.2 Å². The highest BCUT2D eigenvalue weighted by Crippen LogP contribution is 2.36. The van der Waals surface area contributed by atoms with Gasteiger partial charge in [-0.15, -0.1) is 0 Å². The number of piperidine rings is 1. The van der Waals surface area contributed by atoms with Gasteiger partial charge in [-0.05, 0) is 96.6 Å². The Bertz CT molecular complexity index is 2200. The molecule has 1 aliphatic heterocycles. The molecule has 58 heavy (non-hydrogen) atoms. The van der Waals surface area contributed by atoms with Gasteiger partial charge >= 0.3 is 0 Å². The number of carbonyl (C=O) groups excluding carboxylic acids is 2. The van der Waals surface area contributed by atoms with Gasteiger partial charge in [0.2, 0.25) is 15.9 Å². The molecule has 0 atom stereocenters. The van der Waals surface area contributed by atoms with E-state index in [0.29, 0.717) is 67.1 Å². The first-order valence-corrected chi connectivity index (χ1v) is 21.6. The lowest BCUT2D eigenvalue weighted by Crippen LogP contribution is -2.42. The third-order valence-electron chi connectivity index (χ3n) is 9.76. The van der Waals surface area contributed by atoms with Crippen molar-refractivity contribution in [2.75, 3.05) is 45.2 Å². The van der Waals surface area contributed by atoms with E-state index in [0.717, 1.165) is 34.0 Å². The minimum atomic E-state index is -3.69. The lowest BCUT2D eigenvalue weighted by atomic mass is 9.84. The van der Waals surface area contributed by atoms with Crippen molar-refractivity contribution in [1.82, 2.24) is 24.9 Å². The number of anilines is 1. The molecule has 1 fully saturated rings. The smallest absolute Gasteiger partial charge is 0.251 e. The molecule has 2 amide bonds. The molecule has 0 unspecified atom stereocenters. The van der Waals surface area contributed by atoms with Crippen LogP contribution in [0.3, 0.4) is 0 Å². The molecule has 0 spiro atoms. The van der Waals surface area contributed by atoms with Crippen LogP contribution in [0.5, 0.6) is 0 Å². The van der Waals surface area contributed by atoms with E-state index in [4.69, 9.17) is 27.9 Å². The number of halogens is 2. The summed E-state index contributed by atoms with van der Waals surface area (Å²) in [7, 11) is -2.08. The summed E-state index contributed by atoms with van der Waals surface area (Å²) < 4.78 is 33.1. The summed E-state index contributed by atoms with van der Waals surface area (Å²) in [5.41, 5.74) is 4.19. The number of hydrogen-bond acceptors (Lipinski definition) is 8. The van der Waals surface area contributed by atoms with Gasteiger partial charge in [0.05, 0.1) is 17.0 Å². The van der Waals surface area contributed by atoms with Crippen LogP contribution in [0.1, 0.15) is 79.9 Å². The first kappa shape index (κ1) is 44.5. The molecule has 0 bridgehead atoms. The number of benzene rings is 4. The average molecular weight is 848 g/mol. The van der Waals surface area contributed by atoms with E-state index < -0.39 is 10.0 Å². The largest absolute Gasteiger partial charge is 0.383 e. The number of sulfonamides is 1. The number of nitrogens with zero attached hydrogens (tertiary/aromatic N) is 3. The Morgan fingerprint density at radius 2 is 1.41 bits per heavy atom. The molecule has 6 rings (SSSR count). The van der Waals surface area contributed by atoms with Gasteiger partial charge in [0, 0.05) is 71.7 Å². The first-order valence-electron chi connectivity index (χ1n) is 19.4. The van der Waals surface area contributed by atoms with Crippen molar-refractivity contribution in [3.63, 3.8) is 0 Å². The van der Waals surface area contributed by atoms with Crippen molar-refractivity contribution < 1.29 is 22.7 Å². The molecule has 3 N–H and O–H groups in total. The van der Waals surface area contributed by atoms with E-state index in [1.807, 2.05) is 82.3 Å². The molecule has 1 aliphatic rings. The van der Waals surface area contributed by atoms with Gasteiger partial charge < -0.3 is 20.7 Å². The third-order valence-corrected chi connectivity index (χ3v) is 12.2. The maximum atomic E-state index is 13.4. The fourth-order valence-electron chi connectivity index (χ4n) is 6.49. The Kier molecular flexibility index (Phi) is 15.7. The minimum absolute atomic E-state index is 0.0242. The SMILES string of the molecule is CCCNC(=O)c1ccc(S(=O)(=O)N2CCC(Nc3ncnc4ccc(C(c5ccc(Cl)cc5)c5ccc(Cl)cc5)cc34)CC2)cc1.COCCNC(=O)C(C)(C)C. The second-order valence-corrected chi connectivity index (χ2v) is 17.9. The van der Waals surface area contributed by atoms with Crippen molar-refractivity contribution in [2.24, 2.45) is 5.41 Å². The topological polar surface area (TPSA) is 143 Å². The zero-order chi connectivity index (χ0) is 41.9. The molecule has 14 heteroatoms. The summed E-state index contributed by atoms with van der Waals surface area (Å²) in [5.74, 6) is 0.489. The highest BCUT2D eigenvalue weighted by atomic mass is 35.5. The van der Waals surface area contributed by atoms with E-state index in [9.17, 15) is 18.0 Å². The van der Waals surface area contributed by atoms with E-state index in [2.05, 4.69) is 38.1 Å². The summed E-state index contributed by atoms with van der Waals surface area (Å²) >= 11 is 12.4. The normalized spacial score (nSPS) is 13.8. The predicted molar refractivity (Wildman–Crippen MR) is 232 cm³/mol. The van der Waals surface area contributed by atoms with Crippen molar-refractivity contribution in [3.05, 3.63) is 130 Å². The summed E-state index contributed by atoms with van der Waals surface area (Å²) in [6, 6.07) is 28.1. The van der Waals surface area contributed by atoms with E-state index in [1.54, 1.807) is 25.6 Å². The van der Waals surface area contributed by atoms with Crippen LogP contribution in [0.2, 0.25) is 10.0 Å². The second-order valence-electron chi connectivity index (χ2n) is 15.1. The van der Waals surface area contributed by atoms with Crippen molar-refractivity contribution in [1.29, 1.82) is 0 Å². The van der Waals surface area contributed by atoms with E-state index in [-0.39, 0.29) is 34.1 Å². The second kappa shape index (κ2) is 20.4. The lowest BCUT2D eigenvalue weighted by molar-refractivity contribution is -0.128. The predicted octanol–water partition coefficient (Wildman–Crippen LogP) is 8.32. The van der Waals surface area contributed by atoms with Crippen LogP contribution in [0.4, 0.5) is 5.82 Å². The number of ether oxygens (including phenoxy) is 1. The highest BCUT2D eigenvalue weighted by Gasteiger charge is 2.30. The molecular formula is C44H52Cl2N6O5S. The summed E-state index contributed by atoms with van der Waals surface area (Å²) in [6.45, 7) is 10.1. The maximum Gasteiger partial charge on any atom is 0.251 e. The zero-order valence-corrected chi connectivity index (χ0v) is 35.9. The quantitative estimate of drug-likeness (QED) is 0.0794.